The van der Waals surface area contributed by atoms with Gasteiger partial charge >= 0.3 is 6.18 Å². The molecule has 1 aromatic carbocycles. The molecule has 0 radical (unpaired) electrons. The van der Waals surface area contributed by atoms with Gasteiger partial charge in [0.2, 0.25) is 5.91 Å². The number of alkyl halides is 3. The van der Waals surface area contributed by atoms with E-state index in [2.05, 4.69) is 10.6 Å². The van der Waals surface area contributed by atoms with Gasteiger partial charge in [-0.05, 0) is 30.7 Å². The fourth-order valence-corrected chi connectivity index (χ4v) is 2.44. The molecular weight excluding hydrogens is 293 g/mol. The third-order valence-electron chi connectivity index (χ3n) is 3.39. The van der Waals surface area contributed by atoms with Crippen molar-refractivity contribution in [2.45, 2.75) is 13.1 Å². The second-order valence-electron chi connectivity index (χ2n) is 4.92. The molecule has 1 aliphatic rings. The Labute approximate surface area is 119 Å². The van der Waals surface area contributed by atoms with Crippen molar-refractivity contribution in [2.75, 3.05) is 18.4 Å². The van der Waals surface area contributed by atoms with Crippen LogP contribution in [0, 0.1) is 11.8 Å². The van der Waals surface area contributed by atoms with Crippen molar-refractivity contribution < 1.29 is 18.0 Å². The molecule has 1 amide bonds. The van der Waals surface area contributed by atoms with Crippen LogP contribution in [-0.4, -0.2) is 19.0 Å². The zero-order valence-electron chi connectivity index (χ0n) is 10.7. The lowest BCUT2D eigenvalue weighted by molar-refractivity contribution is -0.137. The maximum atomic E-state index is 12.7. The SMILES string of the molecule is CC1CNCC1C(=O)Nc1ccc(Cl)c(C(F)(F)F)c1. The molecule has 20 heavy (non-hydrogen) atoms. The lowest BCUT2D eigenvalue weighted by Gasteiger charge is -2.16. The van der Waals surface area contributed by atoms with Crippen molar-refractivity contribution in [1.29, 1.82) is 0 Å². The van der Waals surface area contributed by atoms with E-state index < -0.39 is 11.7 Å². The smallest absolute Gasteiger partial charge is 0.326 e. The van der Waals surface area contributed by atoms with Crippen LogP contribution in [0.2, 0.25) is 5.02 Å². The molecule has 0 saturated carbocycles. The average Bonchev–Trinajstić information content (AvgIpc) is 2.76. The van der Waals surface area contributed by atoms with Crippen LogP contribution < -0.4 is 10.6 Å². The normalized spacial score (nSPS) is 22.9. The molecule has 1 fully saturated rings. The maximum Gasteiger partial charge on any atom is 0.417 e. The topological polar surface area (TPSA) is 41.1 Å². The molecule has 1 heterocycles. The number of hydrogen-bond donors (Lipinski definition) is 2. The third kappa shape index (κ3) is 3.24. The fourth-order valence-electron chi connectivity index (χ4n) is 2.22. The Morgan fingerprint density at radius 2 is 2.10 bits per heavy atom. The summed E-state index contributed by atoms with van der Waals surface area (Å²) in [5.41, 5.74) is -0.847. The second kappa shape index (κ2) is 5.61. The van der Waals surface area contributed by atoms with E-state index in [0.717, 1.165) is 18.7 Å². The lowest BCUT2D eigenvalue weighted by atomic mass is 9.97. The van der Waals surface area contributed by atoms with E-state index in [1.807, 2.05) is 6.92 Å². The van der Waals surface area contributed by atoms with E-state index in [1.165, 1.54) is 6.07 Å². The summed E-state index contributed by atoms with van der Waals surface area (Å²) in [7, 11) is 0. The Balaban J connectivity index is 2.16. The summed E-state index contributed by atoms with van der Waals surface area (Å²) in [6, 6.07) is 3.35. The molecule has 2 atom stereocenters. The minimum absolute atomic E-state index is 0.103. The van der Waals surface area contributed by atoms with Crippen molar-refractivity contribution in [1.82, 2.24) is 5.32 Å². The molecule has 110 valence electrons. The molecule has 7 heteroatoms. The van der Waals surface area contributed by atoms with E-state index in [9.17, 15) is 18.0 Å². The van der Waals surface area contributed by atoms with Gasteiger partial charge in [-0.3, -0.25) is 4.79 Å². The first-order chi connectivity index (χ1) is 9.29. The highest BCUT2D eigenvalue weighted by molar-refractivity contribution is 6.31. The molecule has 2 unspecified atom stereocenters. The number of hydrogen-bond acceptors (Lipinski definition) is 2. The standard InChI is InChI=1S/C13H14ClF3N2O/c1-7-5-18-6-9(7)12(20)19-8-2-3-11(14)10(4-8)13(15,16)17/h2-4,7,9,18H,5-6H2,1H3,(H,19,20). The number of amides is 1. The predicted molar refractivity (Wildman–Crippen MR) is 70.6 cm³/mol. The van der Waals surface area contributed by atoms with Crippen LogP contribution >= 0.6 is 11.6 Å². The van der Waals surface area contributed by atoms with Gasteiger partial charge < -0.3 is 10.6 Å². The van der Waals surface area contributed by atoms with Crippen LogP contribution in [0.3, 0.4) is 0 Å². The van der Waals surface area contributed by atoms with Gasteiger partial charge in [-0.15, -0.1) is 0 Å². The monoisotopic (exact) mass is 306 g/mol. The molecule has 1 saturated heterocycles. The molecule has 0 spiro atoms. The number of rotatable bonds is 2. The van der Waals surface area contributed by atoms with Gasteiger partial charge in [-0.25, -0.2) is 0 Å². The Morgan fingerprint density at radius 3 is 2.65 bits per heavy atom. The summed E-state index contributed by atoms with van der Waals surface area (Å²) >= 11 is 5.52. The number of nitrogens with one attached hydrogen (secondary N) is 2. The van der Waals surface area contributed by atoms with Gasteiger partial charge in [0.1, 0.15) is 0 Å². The molecule has 0 aliphatic carbocycles. The molecule has 3 nitrogen and oxygen atoms in total. The summed E-state index contributed by atoms with van der Waals surface area (Å²) in [5.74, 6) is -0.359. The molecule has 0 bridgehead atoms. The van der Waals surface area contributed by atoms with Crippen molar-refractivity contribution in [2.24, 2.45) is 11.8 Å². The van der Waals surface area contributed by atoms with Crippen molar-refractivity contribution in [3.63, 3.8) is 0 Å². The van der Waals surface area contributed by atoms with Gasteiger partial charge in [0, 0.05) is 12.2 Å². The molecule has 2 N–H and O–H groups in total. The van der Waals surface area contributed by atoms with Gasteiger partial charge in [0.25, 0.3) is 0 Å². The molecule has 0 aromatic heterocycles. The van der Waals surface area contributed by atoms with Gasteiger partial charge in [-0.1, -0.05) is 18.5 Å². The van der Waals surface area contributed by atoms with Gasteiger partial charge in [0.05, 0.1) is 16.5 Å². The number of halogens is 4. The number of carbonyl (C=O) groups is 1. The summed E-state index contributed by atoms with van der Waals surface area (Å²) in [6.45, 7) is 3.19. The minimum Gasteiger partial charge on any atom is -0.326 e. The van der Waals surface area contributed by atoms with Gasteiger partial charge in [0.15, 0.2) is 0 Å². The zero-order chi connectivity index (χ0) is 14.9. The number of carbonyl (C=O) groups excluding carboxylic acids is 1. The van der Waals surface area contributed by atoms with Gasteiger partial charge in [-0.2, -0.15) is 13.2 Å². The first kappa shape index (κ1) is 15.1. The van der Waals surface area contributed by atoms with Crippen LogP contribution in [0.25, 0.3) is 0 Å². The third-order valence-corrected chi connectivity index (χ3v) is 3.72. The number of benzene rings is 1. The van der Waals surface area contributed by atoms with Crippen LogP contribution in [-0.2, 0) is 11.0 Å². The van der Waals surface area contributed by atoms with Crippen molar-refractivity contribution >= 4 is 23.2 Å². The molecular formula is C13H14ClF3N2O. The largest absolute Gasteiger partial charge is 0.417 e. The van der Waals surface area contributed by atoms with Crippen LogP contribution in [0.4, 0.5) is 18.9 Å². The summed E-state index contributed by atoms with van der Waals surface area (Å²) in [4.78, 5) is 12.0. The van der Waals surface area contributed by atoms with E-state index >= 15 is 0 Å². The van der Waals surface area contributed by atoms with Crippen molar-refractivity contribution in [3.8, 4) is 0 Å². The average molecular weight is 307 g/mol. The Morgan fingerprint density at radius 1 is 1.40 bits per heavy atom. The molecule has 1 aliphatic heterocycles. The minimum atomic E-state index is -4.54. The Hall–Kier alpha value is -1.27. The quantitative estimate of drug-likeness (QED) is 0.881. The highest BCUT2D eigenvalue weighted by Crippen LogP contribution is 2.36. The fraction of sp³-hybridized carbons (Fsp3) is 0.462. The summed E-state index contributed by atoms with van der Waals surface area (Å²) < 4.78 is 38.2. The molecule has 1 aromatic rings. The van der Waals surface area contributed by atoms with E-state index in [1.54, 1.807) is 0 Å². The highest BCUT2D eigenvalue weighted by Gasteiger charge is 2.34. The van der Waals surface area contributed by atoms with Crippen LogP contribution in [0.15, 0.2) is 18.2 Å². The first-order valence-corrected chi connectivity index (χ1v) is 6.55. The van der Waals surface area contributed by atoms with E-state index in [-0.39, 0.29) is 28.5 Å². The van der Waals surface area contributed by atoms with E-state index in [0.29, 0.717) is 6.54 Å². The second-order valence-corrected chi connectivity index (χ2v) is 5.33. The zero-order valence-corrected chi connectivity index (χ0v) is 11.5. The summed E-state index contributed by atoms with van der Waals surface area (Å²) in [6.07, 6.45) is -4.54. The molecule has 2 rings (SSSR count). The highest BCUT2D eigenvalue weighted by atomic mass is 35.5. The summed E-state index contributed by atoms with van der Waals surface area (Å²) in [5, 5.41) is 5.21. The first-order valence-electron chi connectivity index (χ1n) is 6.17. The van der Waals surface area contributed by atoms with Crippen LogP contribution in [0.1, 0.15) is 12.5 Å². The van der Waals surface area contributed by atoms with Crippen molar-refractivity contribution in [3.05, 3.63) is 28.8 Å². The van der Waals surface area contributed by atoms with Crippen LogP contribution in [0.5, 0.6) is 0 Å². The Kier molecular flexibility index (Phi) is 4.25. The Bertz CT molecular complexity index is 519. The van der Waals surface area contributed by atoms with E-state index in [4.69, 9.17) is 11.6 Å². The predicted octanol–water partition coefficient (Wildman–Crippen LogP) is 3.15. The number of anilines is 1. The lowest BCUT2D eigenvalue weighted by Crippen LogP contribution is -2.28. The maximum absolute atomic E-state index is 12.7.